The summed E-state index contributed by atoms with van der Waals surface area (Å²) in [7, 11) is -2.61. The number of aromatic nitrogens is 1. The number of carboxylic acids is 1. The molecule has 3 nitrogen and oxygen atoms in total. The molecule has 14 heavy (non-hydrogen) atoms. The molecule has 0 spiro atoms. The maximum atomic E-state index is 11.9. The van der Waals surface area contributed by atoms with Crippen LogP contribution in [-0.2, 0) is 0 Å². The molecular formula is C6H4BF3KNO2. The van der Waals surface area contributed by atoms with Crippen molar-refractivity contribution in [2.75, 3.05) is 0 Å². The second-order valence-corrected chi connectivity index (χ2v) is 2.08. The van der Waals surface area contributed by atoms with Crippen molar-refractivity contribution in [3.05, 3.63) is 24.0 Å². The molecule has 8 heteroatoms. The summed E-state index contributed by atoms with van der Waals surface area (Å²) in [5.74, 6) is -1.23. The van der Waals surface area contributed by atoms with Gasteiger partial charge in [0.05, 0.1) is 0 Å². The van der Waals surface area contributed by atoms with Crippen LogP contribution in [0.25, 0.3) is 0 Å². The van der Waals surface area contributed by atoms with Gasteiger partial charge in [0.2, 0.25) is 0 Å². The molecule has 1 N–H and O–H groups in total. The molecule has 0 saturated carbocycles. The van der Waals surface area contributed by atoms with Crippen LogP contribution in [0.4, 0.5) is 8.63 Å². The molecule has 0 saturated heterocycles. The Kier molecular flexibility index (Phi) is 8.75. The number of aromatic carboxylic acids is 1. The summed E-state index contributed by atoms with van der Waals surface area (Å²) in [5.41, 5.74) is -0.514. The maximum absolute atomic E-state index is 11.9. The summed E-state index contributed by atoms with van der Waals surface area (Å²) in [6.45, 7) is 0. The fraction of sp³-hybridized carbons (Fsp3) is 0. The Morgan fingerprint density at radius 3 is 2.29 bits per heavy atom. The zero-order chi connectivity index (χ0) is 9.14. The van der Waals surface area contributed by atoms with Crippen molar-refractivity contribution in [3.63, 3.8) is 0 Å². The molecule has 0 aromatic carbocycles. The Morgan fingerprint density at radius 2 is 2.00 bits per heavy atom. The second kappa shape index (κ2) is 7.41. The van der Waals surface area contributed by atoms with Gasteiger partial charge in [0.25, 0.3) is 0 Å². The first kappa shape index (κ1) is 16.5. The summed E-state index contributed by atoms with van der Waals surface area (Å²) < 4.78 is 23.8. The molecule has 0 bridgehead atoms. The van der Waals surface area contributed by atoms with Gasteiger partial charge < -0.3 is 9.81 Å². The van der Waals surface area contributed by atoms with Gasteiger partial charge >= 0.3 is 64.6 Å². The fourth-order valence-electron chi connectivity index (χ4n) is 0.661. The zero-order valence-electron chi connectivity index (χ0n) is 7.25. The van der Waals surface area contributed by atoms with Crippen LogP contribution in [0.5, 0.6) is 0 Å². The van der Waals surface area contributed by atoms with Gasteiger partial charge in [-0.25, -0.2) is 9.78 Å². The van der Waals surface area contributed by atoms with E-state index in [4.69, 9.17) is 5.11 Å². The number of halogens is 3. The van der Waals surface area contributed by atoms with Gasteiger partial charge in [-0.05, 0) is 6.07 Å². The van der Waals surface area contributed by atoms with E-state index in [1.54, 1.807) is 0 Å². The van der Waals surface area contributed by atoms with Crippen molar-refractivity contribution in [1.82, 2.24) is 4.98 Å². The number of hydrogen-bond donors (Lipinski definition) is 1. The number of carbonyl (C=O) groups is 1. The SMILES string of the molecule is O=C(O)c1ccc(B(F)F)cn1.[F-].[K+]. The van der Waals surface area contributed by atoms with Crippen LogP contribution >= 0.6 is 0 Å². The molecule has 0 unspecified atom stereocenters. The Balaban J connectivity index is 0. The summed E-state index contributed by atoms with van der Waals surface area (Å²) in [4.78, 5) is 13.6. The monoisotopic (exact) mass is 229 g/mol. The smallest absolute Gasteiger partial charge is 1.00 e. The maximum Gasteiger partial charge on any atom is 1.00 e. The molecular weight excluding hydrogens is 225 g/mol. The third-order valence-corrected chi connectivity index (χ3v) is 1.26. The Hall–Kier alpha value is 0.111. The van der Waals surface area contributed by atoms with Gasteiger partial charge in [-0.2, -0.15) is 0 Å². The van der Waals surface area contributed by atoms with E-state index in [0.717, 1.165) is 18.3 Å². The Labute approximate surface area is 121 Å². The predicted molar refractivity (Wildman–Crippen MR) is 38.8 cm³/mol. The standard InChI is InChI=1S/C6H4BF2NO2.FH.K/c8-7(9)4-1-2-5(6(11)12)10-3-4;;/h1-3H,(H,11,12);1H;/q;;+1/p-1. The normalized spacial score (nSPS) is 8.14. The van der Waals surface area contributed by atoms with E-state index < -0.39 is 13.2 Å². The molecule has 0 aliphatic carbocycles. The van der Waals surface area contributed by atoms with Crippen LogP contribution in [0.15, 0.2) is 18.3 Å². The van der Waals surface area contributed by atoms with E-state index in [2.05, 4.69) is 4.98 Å². The van der Waals surface area contributed by atoms with Crippen LogP contribution in [0.2, 0.25) is 0 Å². The number of hydrogen-bond acceptors (Lipinski definition) is 2. The van der Waals surface area contributed by atoms with Crippen LogP contribution in [0, 0.1) is 0 Å². The van der Waals surface area contributed by atoms with Crippen molar-refractivity contribution >= 4 is 18.7 Å². The molecule has 0 amide bonds. The third-order valence-electron chi connectivity index (χ3n) is 1.26. The van der Waals surface area contributed by atoms with E-state index in [1.807, 2.05) is 0 Å². The molecule has 0 atom stereocenters. The van der Waals surface area contributed by atoms with Gasteiger partial charge in [0.1, 0.15) is 5.69 Å². The third kappa shape index (κ3) is 4.56. The zero-order valence-corrected chi connectivity index (χ0v) is 10.4. The predicted octanol–water partition coefficient (Wildman–Crippen LogP) is -5.58. The fourth-order valence-corrected chi connectivity index (χ4v) is 0.661. The molecule has 1 heterocycles. The first-order chi connectivity index (χ1) is 5.61. The molecule has 0 fully saturated rings. The van der Waals surface area contributed by atoms with E-state index >= 15 is 0 Å². The van der Waals surface area contributed by atoms with Crippen LogP contribution in [-0.4, -0.2) is 23.3 Å². The minimum absolute atomic E-state index is 0. The van der Waals surface area contributed by atoms with Crippen molar-refractivity contribution in [1.29, 1.82) is 0 Å². The summed E-state index contributed by atoms with van der Waals surface area (Å²) in [6.07, 6.45) is 0.855. The van der Waals surface area contributed by atoms with Gasteiger partial charge in [0, 0.05) is 11.7 Å². The van der Waals surface area contributed by atoms with E-state index in [0.29, 0.717) is 0 Å². The van der Waals surface area contributed by atoms with E-state index in [-0.39, 0.29) is 67.2 Å². The van der Waals surface area contributed by atoms with Crippen molar-refractivity contribution < 1.29 is 74.6 Å². The minimum atomic E-state index is -2.61. The van der Waals surface area contributed by atoms with Gasteiger partial charge in [0.15, 0.2) is 0 Å². The summed E-state index contributed by atoms with van der Waals surface area (Å²) in [5, 5.41) is 8.36. The minimum Gasteiger partial charge on any atom is -1.00 e. The van der Waals surface area contributed by atoms with Crippen molar-refractivity contribution in [2.24, 2.45) is 0 Å². The molecule has 0 aliphatic rings. The second-order valence-electron chi connectivity index (χ2n) is 2.08. The molecule has 1 aromatic rings. The molecule has 70 valence electrons. The molecule has 1 rings (SSSR count). The Morgan fingerprint density at radius 1 is 1.43 bits per heavy atom. The van der Waals surface area contributed by atoms with Crippen LogP contribution < -0.4 is 61.6 Å². The van der Waals surface area contributed by atoms with Crippen LogP contribution in [0.3, 0.4) is 0 Å². The number of nitrogens with zero attached hydrogens (tertiary/aromatic N) is 1. The molecule has 0 radical (unpaired) electrons. The van der Waals surface area contributed by atoms with Gasteiger partial charge in [-0.15, -0.1) is 0 Å². The Bertz CT molecular complexity index is 296. The quantitative estimate of drug-likeness (QED) is 0.514. The average molecular weight is 229 g/mol. The molecule has 0 aliphatic heterocycles. The van der Waals surface area contributed by atoms with Crippen molar-refractivity contribution in [2.45, 2.75) is 0 Å². The number of rotatable bonds is 2. The largest absolute Gasteiger partial charge is 1.00 e. The molecule has 1 aromatic heterocycles. The van der Waals surface area contributed by atoms with E-state index in [9.17, 15) is 13.4 Å². The number of pyridine rings is 1. The number of carboxylic acid groups (broad SMARTS) is 1. The topological polar surface area (TPSA) is 50.2 Å². The summed E-state index contributed by atoms with van der Waals surface area (Å²) >= 11 is 0. The first-order valence-corrected chi connectivity index (χ1v) is 3.08. The summed E-state index contributed by atoms with van der Waals surface area (Å²) in [6, 6.07) is 2.09. The van der Waals surface area contributed by atoms with Gasteiger partial charge in [-0.1, -0.05) is 6.07 Å². The average Bonchev–Trinajstić information content (AvgIpc) is 2.04. The van der Waals surface area contributed by atoms with Gasteiger partial charge in [-0.3, -0.25) is 8.63 Å². The van der Waals surface area contributed by atoms with Crippen LogP contribution in [0.1, 0.15) is 10.5 Å². The van der Waals surface area contributed by atoms with Crippen molar-refractivity contribution in [3.8, 4) is 0 Å². The first-order valence-electron chi connectivity index (χ1n) is 3.08. The van der Waals surface area contributed by atoms with E-state index in [1.165, 1.54) is 0 Å².